The van der Waals surface area contributed by atoms with Gasteiger partial charge in [0.2, 0.25) is 5.91 Å². The summed E-state index contributed by atoms with van der Waals surface area (Å²) in [6.45, 7) is 1.24. The van der Waals surface area contributed by atoms with E-state index in [9.17, 15) is 31.5 Å². The predicted molar refractivity (Wildman–Crippen MR) is 133 cm³/mol. The Morgan fingerprint density at radius 2 is 1.81 bits per heavy atom. The van der Waals surface area contributed by atoms with Crippen LogP contribution in [0.1, 0.15) is 60.3 Å². The Hall–Kier alpha value is -2.92. The number of carbonyl (C=O) groups is 1. The number of fused-ring (bicyclic) bond motifs is 1. The number of nitrogens with two attached hydrogens (primary N) is 1. The molecule has 1 aromatic carbocycles. The summed E-state index contributed by atoms with van der Waals surface area (Å²) in [6.07, 6.45) is -1.34. The molecule has 3 aromatic rings. The molecule has 1 saturated carbocycles. The summed E-state index contributed by atoms with van der Waals surface area (Å²) >= 11 is 0. The summed E-state index contributed by atoms with van der Waals surface area (Å²) in [7, 11) is -3.40. The van der Waals surface area contributed by atoms with Gasteiger partial charge in [0.25, 0.3) is 0 Å². The SMILES string of the molecule is CCS(=O)(=O)c1ccc([C@H](CO)n2c(CC3CCC(C(F)(F)F)CC3)cc3cc(C(N)=O)cnc32)cc1. The lowest BCUT2D eigenvalue weighted by Crippen LogP contribution is -2.28. The molecule has 1 amide bonds. The number of benzene rings is 1. The van der Waals surface area contributed by atoms with E-state index in [1.54, 1.807) is 25.1 Å². The zero-order valence-electron chi connectivity index (χ0n) is 20.4. The largest absolute Gasteiger partial charge is 0.394 e. The highest BCUT2D eigenvalue weighted by atomic mass is 32.2. The fraction of sp³-hybridized carbons (Fsp3) is 0.462. The lowest BCUT2D eigenvalue weighted by molar-refractivity contribution is -0.183. The molecule has 0 spiro atoms. The summed E-state index contributed by atoms with van der Waals surface area (Å²) < 4.78 is 65.7. The normalized spacial score (nSPS) is 19.7. The van der Waals surface area contributed by atoms with Gasteiger partial charge in [-0.15, -0.1) is 0 Å². The second kappa shape index (κ2) is 10.4. The fourth-order valence-corrected chi connectivity index (χ4v) is 6.08. The van der Waals surface area contributed by atoms with Crippen molar-refractivity contribution in [3.05, 3.63) is 59.4 Å². The van der Waals surface area contributed by atoms with Gasteiger partial charge >= 0.3 is 6.18 Å². The predicted octanol–water partition coefficient (Wildman–Crippen LogP) is 4.42. The molecule has 3 N–H and O–H groups in total. The van der Waals surface area contributed by atoms with E-state index in [1.165, 1.54) is 18.3 Å². The van der Waals surface area contributed by atoms with Crippen LogP contribution in [0.5, 0.6) is 0 Å². The molecule has 0 saturated heterocycles. The molecule has 4 rings (SSSR count). The molecule has 0 aliphatic heterocycles. The second-order valence-corrected chi connectivity index (χ2v) is 11.9. The van der Waals surface area contributed by atoms with Gasteiger partial charge in [0.05, 0.1) is 34.8 Å². The number of hydrogen-bond acceptors (Lipinski definition) is 5. The van der Waals surface area contributed by atoms with E-state index in [-0.39, 0.29) is 41.6 Å². The first kappa shape index (κ1) is 27.1. The number of sulfone groups is 1. The Morgan fingerprint density at radius 3 is 2.35 bits per heavy atom. The number of amides is 1. The van der Waals surface area contributed by atoms with Crippen LogP contribution < -0.4 is 5.73 Å². The minimum absolute atomic E-state index is 0.0219. The van der Waals surface area contributed by atoms with Crippen LogP contribution in [0.4, 0.5) is 13.2 Å². The van der Waals surface area contributed by atoms with Crippen molar-refractivity contribution >= 4 is 26.8 Å². The Kier molecular flexibility index (Phi) is 7.66. The van der Waals surface area contributed by atoms with Crippen molar-refractivity contribution in [2.75, 3.05) is 12.4 Å². The highest BCUT2D eigenvalue weighted by molar-refractivity contribution is 7.91. The van der Waals surface area contributed by atoms with Crippen molar-refractivity contribution in [2.24, 2.45) is 17.6 Å². The summed E-state index contributed by atoms with van der Waals surface area (Å²) in [5.74, 6) is -1.93. The highest BCUT2D eigenvalue weighted by Gasteiger charge is 2.41. The summed E-state index contributed by atoms with van der Waals surface area (Å²) in [6, 6.07) is 9.11. The monoisotopic (exact) mass is 537 g/mol. The second-order valence-electron chi connectivity index (χ2n) is 9.64. The average molecular weight is 538 g/mol. The van der Waals surface area contributed by atoms with Crippen molar-refractivity contribution in [1.29, 1.82) is 0 Å². The quantitative estimate of drug-likeness (QED) is 0.441. The van der Waals surface area contributed by atoms with E-state index in [0.29, 0.717) is 35.9 Å². The standard InChI is InChI=1S/C26H30F3N3O4S/c1-2-37(35,36)22-9-5-17(6-10-22)23(15-33)32-21(11-16-3-7-20(8-4-16)26(27,28)29)13-18-12-19(24(30)34)14-31-25(18)32/h5-6,9-10,12-14,16,20,23,33H,2-4,7-8,11,15H2,1H3,(H2,30,34)/t16?,20?,23-/m0/s1. The van der Waals surface area contributed by atoms with Crippen LogP contribution in [0, 0.1) is 11.8 Å². The molecule has 1 fully saturated rings. The Balaban J connectivity index is 1.72. The van der Waals surface area contributed by atoms with E-state index in [4.69, 9.17) is 5.73 Å². The number of alkyl halides is 3. The molecule has 1 aliphatic rings. The Labute approximate surface area is 213 Å². The van der Waals surface area contributed by atoms with Crippen LogP contribution in [0.3, 0.4) is 0 Å². The topological polar surface area (TPSA) is 115 Å². The number of primary amides is 1. The molecule has 2 heterocycles. The van der Waals surface area contributed by atoms with Gasteiger partial charge in [-0.2, -0.15) is 13.2 Å². The molecule has 11 heteroatoms. The minimum Gasteiger partial charge on any atom is -0.394 e. The maximum atomic E-state index is 13.2. The van der Waals surface area contributed by atoms with Crippen molar-refractivity contribution < 1.29 is 31.5 Å². The maximum Gasteiger partial charge on any atom is 0.391 e. The lowest BCUT2D eigenvalue weighted by atomic mass is 9.79. The van der Waals surface area contributed by atoms with Gasteiger partial charge in [-0.25, -0.2) is 13.4 Å². The lowest BCUT2D eigenvalue weighted by Gasteiger charge is -2.30. The van der Waals surface area contributed by atoms with Crippen LogP contribution in [0.15, 0.2) is 47.5 Å². The van der Waals surface area contributed by atoms with Crippen molar-refractivity contribution in [3.63, 3.8) is 0 Å². The number of carbonyl (C=O) groups excluding carboxylic acids is 1. The van der Waals surface area contributed by atoms with Gasteiger partial charge in [0.1, 0.15) is 5.65 Å². The molecule has 0 bridgehead atoms. The highest BCUT2D eigenvalue weighted by Crippen LogP contribution is 2.41. The molecular formula is C26H30F3N3O4S. The average Bonchev–Trinajstić information content (AvgIpc) is 3.21. The van der Waals surface area contributed by atoms with Gasteiger partial charge in [0.15, 0.2) is 9.84 Å². The molecule has 1 aliphatic carbocycles. The van der Waals surface area contributed by atoms with Crippen LogP contribution in [0.25, 0.3) is 11.0 Å². The number of aliphatic hydroxyl groups excluding tert-OH is 1. The van der Waals surface area contributed by atoms with Crippen molar-refractivity contribution in [3.8, 4) is 0 Å². The molecule has 0 radical (unpaired) electrons. The number of nitrogens with zero attached hydrogens (tertiary/aromatic N) is 2. The summed E-state index contributed by atoms with van der Waals surface area (Å²) in [4.78, 5) is 16.3. The zero-order chi connectivity index (χ0) is 27.0. The first-order chi connectivity index (χ1) is 17.4. The third-order valence-electron chi connectivity index (χ3n) is 7.34. The fourth-order valence-electron chi connectivity index (χ4n) is 5.20. The number of aliphatic hydroxyl groups is 1. The number of rotatable bonds is 8. The first-order valence-electron chi connectivity index (χ1n) is 12.2. The third-order valence-corrected chi connectivity index (χ3v) is 9.09. The van der Waals surface area contributed by atoms with Crippen LogP contribution >= 0.6 is 0 Å². The Bertz CT molecular complexity index is 1380. The van der Waals surface area contributed by atoms with E-state index >= 15 is 0 Å². The van der Waals surface area contributed by atoms with Crippen molar-refractivity contribution in [1.82, 2.24) is 9.55 Å². The molecular weight excluding hydrogens is 507 g/mol. The van der Waals surface area contributed by atoms with E-state index in [2.05, 4.69) is 4.98 Å². The minimum atomic E-state index is -4.19. The number of aromatic nitrogens is 2. The van der Waals surface area contributed by atoms with E-state index in [1.807, 2.05) is 10.6 Å². The van der Waals surface area contributed by atoms with Crippen molar-refractivity contribution in [2.45, 2.75) is 56.1 Å². The zero-order valence-corrected chi connectivity index (χ0v) is 21.2. The summed E-state index contributed by atoms with van der Waals surface area (Å²) in [5, 5.41) is 11.0. The van der Waals surface area contributed by atoms with Gasteiger partial charge in [0, 0.05) is 17.3 Å². The smallest absolute Gasteiger partial charge is 0.391 e. The van der Waals surface area contributed by atoms with Gasteiger partial charge in [-0.3, -0.25) is 4.79 Å². The van der Waals surface area contributed by atoms with Gasteiger partial charge < -0.3 is 15.4 Å². The molecule has 7 nitrogen and oxygen atoms in total. The Morgan fingerprint density at radius 1 is 1.16 bits per heavy atom. The number of halogens is 3. The summed E-state index contributed by atoms with van der Waals surface area (Å²) in [5.41, 5.74) is 7.55. The molecule has 37 heavy (non-hydrogen) atoms. The van der Waals surface area contributed by atoms with E-state index < -0.39 is 33.9 Å². The van der Waals surface area contributed by atoms with Gasteiger partial charge in [-0.1, -0.05) is 19.1 Å². The van der Waals surface area contributed by atoms with Gasteiger partial charge in [-0.05, 0) is 67.9 Å². The maximum absolute atomic E-state index is 13.2. The van der Waals surface area contributed by atoms with Crippen LogP contribution in [-0.2, 0) is 16.3 Å². The molecule has 200 valence electrons. The number of pyridine rings is 1. The van der Waals surface area contributed by atoms with Crippen LogP contribution in [-0.4, -0.2) is 47.5 Å². The van der Waals surface area contributed by atoms with Crippen LogP contribution in [0.2, 0.25) is 0 Å². The number of hydrogen-bond donors (Lipinski definition) is 2. The molecule has 0 unspecified atom stereocenters. The first-order valence-corrected chi connectivity index (χ1v) is 13.9. The van der Waals surface area contributed by atoms with E-state index in [0.717, 1.165) is 5.69 Å². The third kappa shape index (κ3) is 5.67. The molecule has 2 aromatic heterocycles. The molecule has 1 atom stereocenters.